The van der Waals surface area contributed by atoms with Crippen molar-refractivity contribution in [3.05, 3.63) is 51.5 Å². The standard InChI is InChI=1S/C18H26N4OS.HI/c1-4-16-11-20-17(24-16)12-22-18(19-5-2)21-10-14-8-6-7-9-15(14)13-23-3;/h6-9,11H,4-5,10,12-13H2,1-3H3,(H2,19,21,22);1H. The number of thiazole rings is 1. The van der Waals surface area contributed by atoms with Crippen molar-refractivity contribution in [3.63, 3.8) is 0 Å². The lowest BCUT2D eigenvalue weighted by Crippen LogP contribution is -2.36. The van der Waals surface area contributed by atoms with Crippen LogP contribution in [-0.2, 0) is 30.9 Å². The number of aryl methyl sites for hydroxylation is 1. The normalized spacial score (nSPS) is 11.1. The molecule has 0 unspecified atom stereocenters. The molecule has 0 fully saturated rings. The van der Waals surface area contributed by atoms with E-state index in [1.165, 1.54) is 16.0 Å². The molecule has 1 aromatic carbocycles. The Hall–Kier alpha value is -1.19. The topological polar surface area (TPSA) is 58.5 Å². The van der Waals surface area contributed by atoms with E-state index in [0.717, 1.165) is 23.9 Å². The number of aromatic nitrogens is 1. The van der Waals surface area contributed by atoms with Gasteiger partial charge in [0, 0.05) is 24.7 Å². The molecule has 2 rings (SSSR count). The summed E-state index contributed by atoms with van der Waals surface area (Å²) in [7, 11) is 1.71. The van der Waals surface area contributed by atoms with E-state index in [4.69, 9.17) is 4.74 Å². The van der Waals surface area contributed by atoms with Crippen LogP contribution in [0.3, 0.4) is 0 Å². The SMILES string of the molecule is CCNC(=NCc1ccccc1COC)NCc1ncc(CC)s1.I. The Bertz CT molecular complexity index is 660. The highest BCUT2D eigenvalue weighted by Gasteiger charge is 2.04. The summed E-state index contributed by atoms with van der Waals surface area (Å²) in [5.74, 6) is 0.804. The predicted molar refractivity (Wildman–Crippen MR) is 116 cm³/mol. The number of guanidine groups is 1. The quantitative estimate of drug-likeness (QED) is 0.348. The molecule has 0 bridgehead atoms. The number of methoxy groups -OCH3 is 1. The van der Waals surface area contributed by atoms with Gasteiger partial charge in [-0.1, -0.05) is 31.2 Å². The zero-order valence-corrected chi connectivity index (χ0v) is 18.2. The summed E-state index contributed by atoms with van der Waals surface area (Å²) >= 11 is 1.74. The molecular weight excluding hydrogens is 447 g/mol. The van der Waals surface area contributed by atoms with Gasteiger partial charge in [-0.05, 0) is 24.5 Å². The van der Waals surface area contributed by atoms with Crippen LogP contribution in [-0.4, -0.2) is 24.6 Å². The third kappa shape index (κ3) is 7.29. The van der Waals surface area contributed by atoms with Crippen molar-refractivity contribution in [1.29, 1.82) is 0 Å². The monoisotopic (exact) mass is 474 g/mol. The van der Waals surface area contributed by atoms with E-state index >= 15 is 0 Å². The third-order valence-electron chi connectivity index (χ3n) is 3.53. The Morgan fingerprint density at radius 3 is 2.60 bits per heavy atom. The lowest BCUT2D eigenvalue weighted by atomic mass is 10.1. The first-order chi connectivity index (χ1) is 11.8. The maximum absolute atomic E-state index is 5.25. The molecule has 0 spiro atoms. The molecule has 5 nitrogen and oxygen atoms in total. The minimum Gasteiger partial charge on any atom is -0.380 e. The third-order valence-corrected chi connectivity index (χ3v) is 4.67. The number of halogens is 1. The molecule has 0 radical (unpaired) electrons. The number of benzene rings is 1. The first kappa shape index (κ1) is 21.9. The molecule has 1 heterocycles. The van der Waals surface area contributed by atoms with Crippen LogP contribution in [0.2, 0.25) is 0 Å². The van der Waals surface area contributed by atoms with Crippen molar-refractivity contribution in [2.24, 2.45) is 4.99 Å². The van der Waals surface area contributed by atoms with Gasteiger partial charge in [0.2, 0.25) is 0 Å². The maximum Gasteiger partial charge on any atom is 0.191 e. The van der Waals surface area contributed by atoms with Crippen LogP contribution >= 0.6 is 35.3 Å². The molecule has 0 atom stereocenters. The van der Waals surface area contributed by atoms with Gasteiger partial charge in [0.1, 0.15) is 5.01 Å². The average Bonchev–Trinajstić information content (AvgIpc) is 3.07. The number of ether oxygens (including phenoxy) is 1. The van der Waals surface area contributed by atoms with Gasteiger partial charge in [0.25, 0.3) is 0 Å². The van der Waals surface area contributed by atoms with E-state index in [-0.39, 0.29) is 24.0 Å². The van der Waals surface area contributed by atoms with Crippen LogP contribution in [0, 0.1) is 0 Å². The Balaban J connectivity index is 0.00000312. The number of nitrogens with zero attached hydrogens (tertiary/aromatic N) is 2. The van der Waals surface area contributed by atoms with Gasteiger partial charge in [0.15, 0.2) is 5.96 Å². The molecule has 2 aromatic rings. The zero-order valence-electron chi connectivity index (χ0n) is 15.0. The molecule has 25 heavy (non-hydrogen) atoms. The Kier molecular flexibility index (Phi) is 10.7. The van der Waals surface area contributed by atoms with Gasteiger partial charge >= 0.3 is 0 Å². The molecule has 0 amide bonds. The Morgan fingerprint density at radius 1 is 1.20 bits per heavy atom. The fourth-order valence-electron chi connectivity index (χ4n) is 2.27. The second-order valence-corrected chi connectivity index (χ2v) is 6.52. The van der Waals surface area contributed by atoms with Crippen LogP contribution < -0.4 is 10.6 Å². The average molecular weight is 474 g/mol. The molecule has 1 aromatic heterocycles. The largest absolute Gasteiger partial charge is 0.380 e. The van der Waals surface area contributed by atoms with E-state index in [2.05, 4.69) is 46.6 Å². The summed E-state index contributed by atoms with van der Waals surface area (Å²) in [5, 5.41) is 7.71. The zero-order chi connectivity index (χ0) is 17.2. The maximum atomic E-state index is 5.25. The molecule has 0 saturated heterocycles. The highest BCUT2D eigenvalue weighted by atomic mass is 127. The highest BCUT2D eigenvalue weighted by molar-refractivity contribution is 14.0. The van der Waals surface area contributed by atoms with E-state index in [1.54, 1.807) is 18.4 Å². The first-order valence-corrected chi connectivity index (χ1v) is 9.09. The summed E-state index contributed by atoms with van der Waals surface area (Å²) in [6.07, 6.45) is 2.98. The van der Waals surface area contributed by atoms with Crippen molar-refractivity contribution in [3.8, 4) is 0 Å². The smallest absolute Gasteiger partial charge is 0.191 e. The van der Waals surface area contributed by atoms with Gasteiger partial charge in [-0.15, -0.1) is 35.3 Å². The van der Waals surface area contributed by atoms with Crippen LogP contribution in [0.15, 0.2) is 35.5 Å². The van der Waals surface area contributed by atoms with Crippen molar-refractivity contribution in [2.75, 3.05) is 13.7 Å². The molecule has 0 aliphatic heterocycles. The summed E-state index contributed by atoms with van der Waals surface area (Å²) < 4.78 is 5.25. The molecular formula is C18H27IN4OS. The number of nitrogens with one attached hydrogen (secondary N) is 2. The number of hydrogen-bond donors (Lipinski definition) is 2. The molecule has 7 heteroatoms. The second kappa shape index (κ2) is 12.2. The van der Waals surface area contributed by atoms with Crippen molar-refractivity contribution < 1.29 is 4.74 Å². The molecule has 0 saturated carbocycles. The number of hydrogen-bond acceptors (Lipinski definition) is 4. The van der Waals surface area contributed by atoms with Gasteiger partial charge in [-0.25, -0.2) is 9.98 Å². The molecule has 0 aliphatic carbocycles. The van der Waals surface area contributed by atoms with E-state index in [1.807, 2.05) is 18.3 Å². The van der Waals surface area contributed by atoms with E-state index < -0.39 is 0 Å². The van der Waals surface area contributed by atoms with Crippen LogP contribution in [0.4, 0.5) is 0 Å². The summed E-state index contributed by atoms with van der Waals surface area (Å²) in [6, 6.07) is 8.23. The summed E-state index contributed by atoms with van der Waals surface area (Å²) in [5.41, 5.74) is 2.35. The minimum absolute atomic E-state index is 0. The fraction of sp³-hybridized carbons (Fsp3) is 0.444. The van der Waals surface area contributed by atoms with Gasteiger partial charge < -0.3 is 15.4 Å². The minimum atomic E-state index is 0. The van der Waals surface area contributed by atoms with Crippen LogP contribution in [0.1, 0.15) is 34.9 Å². The van der Waals surface area contributed by atoms with Gasteiger partial charge in [-0.2, -0.15) is 0 Å². The molecule has 138 valence electrons. The number of aliphatic imine (C=N–C) groups is 1. The summed E-state index contributed by atoms with van der Waals surface area (Å²) in [6.45, 7) is 6.95. The lowest BCUT2D eigenvalue weighted by Gasteiger charge is -2.11. The molecule has 0 aliphatic rings. The Morgan fingerprint density at radius 2 is 1.96 bits per heavy atom. The van der Waals surface area contributed by atoms with Gasteiger partial charge in [-0.3, -0.25) is 0 Å². The van der Waals surface area contributed by atoms with E-state index in [0.29, 0.717) is 19.7 Å². The summed E-state index contributed by atoms with van der Waals surface area (Å²) in [4.78, 5) is 10.4. The van der Waals surface area contributed by atoms with E-state index in [9.17, 15) is 0 Å². The van der Waals surface area contributed by atoms with Crippen molar-refractivity contribution >= 4 is 41.3 Å². The Labute approximate surface area is 171 Å². The first-order valence-electron chi connectivity index (χ1n) is 8.28. The highest BCUT2D eigenvalue weighted by Crippen LogP contribution is 2.13. The lowest BCUT2D eigenvalue weighted by molar-refractivity contribution is 0.184. The fourth-order valence-corrected chi connectivity index (χ4v) is 3.07. The van der Waals surface area contributed by atoms with Gasteiger partial charge in [0.05, 0.1) is 19.7 Å². The van der Waals surface area contributed by atoms with Crippen molar-refractivity contribution in [1.82, 2.24) is 15.6 Å². The molecule has 2 N–H and O–H groups in total. The number of rotatable bonds is 8. The van der Waals surface area contributed by atoms with Crippen LogP contribution in [0.25, 0.3) is 0 Å². The second-order valence-electron chi connectivity index (χ2n) is 5.32. The van der Waals surface area contributed by atoms with Crippen LogP contribution in [0.5, 0.6) is 0 Å². The predicted octanol–water partition coefficient (Wildman–Crippen LogP) is 3.73. The van der Waals surface area contributed by atoms with Crippen molar-refractivity contribution in [2.45, 2.75) is 40.0 Å².